The van der Waals surface area contributed by atoms with Crippen molar-refractivity contribution < 1.29 is 19.8 Å². The molecule has 0 aromatic heterocycles. The summed E-state index contributed by atoms with van der Waals surface area (Å²) in [5.41, 5.74) is -0.366. The number of halogens is 2. The maximum absolute atomic E-state index is 12.6. The van der Waals surface area contributed by atoms with Crippen molar-refractivity contribution in [3.63, 3.8) is 0 Å². The smallest absolute Gasteiger partial charge is 0.178 e. The second kappa shape index (κ2) is 6.41. The molecule has 0 radical (unpaired) electrons. The number of ketones is 2. The number of hydrogen-bond acceptors (Lipinski definition) is 4. The van der Waals surface area contributed by atoms with E-state index >= 15 is 0 Å². The number of rotatable bonds is 2. The maximum atomic E-state index is 12.6. The van der Waals surface area contributed by atoms with E-state index in [1.807, 2.05) is 13.0 Å². The number of Topliss-reactive ketones (excluding diaryl/α,β-unsaturated/α-hetero) is 1. The van der Waals surface area contributed by atoms with Gasteiger partial charge in [-0.3, -0.25) is 9.59 Å². The van der Waals surface area contributed by atoms with E-state index in [-0.39, 0.29) is 40.6 Å². The van der Waals surface area contributed by atoms with Crippen LogP contribution in [0.2, 0.25) is 0 Å². The van der Waals surface area contributed by atoms with Gasteiger partial charge in [-0.2, -0.15) is 0 Å². The molecule has 4 aliphatic carbocycles. The van der Waals surface area contributed by atoms with E-state index in [1.54, 1.807) is 6.08 Å². The monoisotopic (exact) mass is 426 g/mol. The molecule has 0 aliphatic heterocycles. The van der Waals surface area contributed by atoms with Crippen molar-refractivity contribution in [2.75, 3.05) is 6.61 Å². The standard InChI is InChI=1S/C22H28Cl2O4/c1-11-6-13-14-8-16(23)15-7-12(26)4-5-21(15,3)22(14,24)18(28)9-20(13,2)19(11)17(27)10-25/h4-5,7,11,13-14,16,18-19,25,28H,6,8-10H2,1-3H3/t11-,13+,14+,16+,18+,19-,20+,21+,22?/m1/s1. The number of hydrogen-bond donors (Lipinski definition) is 2. The summed E-state index contributed by atoms with van der Waals surface area (Å²) in [7, 11) is 0. The Morgan fingerprint density at radius 1 is 1.29 bits per heavy atom. The van der Waals surface area contributed by atoms with Gasteiger partial charge < -0.3 is 10.2 Å². The van der Waals surface area contributed by atoms with Crippen LogP contribution in [0.4, 0.5) is 0 Å². The molecule has 28 heavy (non-hydrogen) atoms. The van der Waals surface area contributed by atoms with Gasteiger partial charge in [0.25, 0.3) is 0 Å². The number of allylic oxidation sites excluding steroid dienone is 4. The summed E-state index contributed by atoms with van der Waals surface area (Å²) in [6, 6.07) is 0. The Kier molecular flexibility index (Phi) is 4.71. The number of alkyl halides is 2. The van der Waals surface area contributed by atoms with Crippen LogP contribution in [0, 0.1) is 34.5 Å². The highest BCUT2D eigenvalue weighted by Gasteiger charge is 2.71. The van der Waals surface area contributed by atoms with Gasteiger partial charge in [0.05, 0.1) is 16.4 Å². The van der Waals surface area contributed by atoms with Crippen LogP contribution in [0.15, 0.2) is 23.8 Å². The fraction of sp³-hybridized carbons (Fsp3) is 0.727. The molecule has 2 N–H and O–H groups in total. The molecule has 3 saturated carbocycles. The van der Waals surface area contributed by atoms with Crippen molar-refractivity contribution >= 4 is 34.8 Å². The van der Waals surface area contributed by atoms with Crippen LogP contribution in [0.1, 0.15) is 40.0 Å². The lowest BCUT2D eigenvalue weighted by Crippen LogP contribution is -2.67. The van der Waals surface area contributed by atoms with E-state index in [4.69, 9.17) is 23.2 Å². The van der Waals surface area contributed by atoms with Gasteiger partial charge in [0.1, 0.15) is 6.61 Å². The molecule has 0 aromatic rings. The van der Waals surface area contributed by atoms with E-state index < -0.39 is 28.4 Å². The van der Waals surface area contributed by atoms with E-state index in [0.717, 1.165) is 12.0 Å². The summed E-state index contributed by atoms with van der Waals surface area (Å²) in [6.45, 7) is 5.61. The van der Waals surface area contributed by atoms with E-state index in [1.165, 1.54) is 6.08 Å². The Morgan fingerprint density at radius 3 is 2.61 bits per heavy atom. The average molecular weight is 427 g/mol. The lowest BCUT2D eigenvalue weighted by molar-refractivity contribution is -0.138. The minimum atomic E-state index is -0.984. The zero-order valence-electron chi connectivity index (χ0n) is 16.5. The topological polar surface area (TPSA) is 74.6 Å². The third-order valence-corrected chi connectivity index (χ3v) is 9.81. The Morgan fingerprint density at radius 2 is 1.96 bits per heavy atom. The first-order valence-electron chi connectivity index (χ1n) is 10.1. The Balaban J connectivity index is 1.84. The van der Waals surface area contributed by atoms with Gasteiger partial charge in [0.15, 0.2) is 11.6 Å². The molecule has 0 bridgehead atoms. The van der Waals surface area contributed by atoms with Gasteiger partial charge in [0.2, 0.25) is 0 Å². The second-order valence-electron chi connectivity index (χ2n) is 9.76. The zero-order chi connectivity index (χ0) is 20.6. The fourth-order valence-electron chi connectivity index (χ4n) is 7.36. The normalized spacial score (nSPS) is 52.5. The molecular formula is C22H28Cl2O4. The first-order valence-corrected chi connectivity index (χ1v) is 10.9. The molecule has 1 unspecified atom stereocenters. The molecule has 0 spiro atoms. The van der Waals surface area contributed by atoms with Gasteiger partial charge in [-0.15, -0.1) is 23.2 Å². The molecule has 4 rings (SSSR count). The molecule has 154 valence electrons. The number of aliphatic hydroxyl groups excluding tert-OH is 2. The molecule has 0 heterocycles. The van der Waals surface area contributed by atoms with Gasteiger partial charge >= 0.3 is 0 Å². The molecule has 4 nitrogen and oxygen atoms in total. The SMILES string of the molecule is C[C@@H]1C[C@H]2[C@@H]3C[C@H](Cl)C4=CC(=O)C=C[C@]4(C)C3(Cl)[C@@H](O)C[C@]2(C)[C@H]1C(=O)CO. The Labute approximate surface area is 176 Å². The van der Waals surface area contributed by atoms with Crippen molar-refractivity contribution in [2.24, 2.45) is 34.5 Å². The van der Waals surface area contributed by atoms with Gasteiger partial charge in [0, 0.05) is 11.3 Å². The average Bonchev–Trinajstić information content (AvgIpc) is 2.89. The first-order chi connectivity index (χ1) is 13.0. The van der Waals surface area contributed by atoms with E-state index in [9.17, 15) is 19.8 Å². The highest BCUT2D eigenvalue weighted by Crippen LogP contribution is 2.70. The summed E-state index contributed by atoms with van der Waals surface area (Å²) in [5.74, 6) is -0.405. The number of fused-ring (bicyclic) bond motifs is 5. The number of carbonyl (C=O) groups excluding carboxylic acids is 2. The Bertz CT molecular complexity index is 791. The summed E-state index contributed by atoms with van der Waals surface area (Å²) in [4.78, 5) is 23.6. The minimum absolute atomic E-state index is 0.0932. The third kappa shape index (κ3) is 2.38. The van der Waals surface area contributed by atoms with Gasteiger partial charge in [-0.05, 0) is 60.2 Å². The summed E-state index contributed by atoms with van der Waals surface area (Å²) in [5, 5.41) is 20.6. The van der Waals surface area contributed by atoms with E-state index in [2.05, 4.69) is 13.8 Å². The molecule has 4 aliphatic rings. The van der Waals surface area contributed by atoms with Crippen molar-refractivity contribution in [1.29, 1.82) is 0 Å². The summed E-state index contributed by atoms with van der Waals surface area (Å²) < 4.78 is 0. The Hall–Kier alpha value is -0.680. The maximum Gasteiger partial charge on any atom is 0.178 e. The van der Waals surface area contributed by atoms with Crippen LogP contribution in [-0.2, 0) is 9.59 Å². The highest BCUT2D eigenvalue weighted by atomic mass is 35.5. The molecule has 6 heteroatoms. The largest absolute Gasteiger partial charge is 0.391 e. The van der Waals surface area contributed by atoms with Crippen molar-refractivity contribution in [2.45, 2.75) is 56.4 Å². The van der Waals surface area contributed by atoms with Crippen LogP contribution in [0.5, 0.6) is 0 Å². The molecular weight excluding hydrogens is 399 g/mol. The zero-order valence-corrected chi connectivity index (χ0v) is 18.0. The van der Waals surface area contributed by atoms with E-state index in [0.29, 0.717) is 12.8 Å². The van der Waals surface area contributed by atoms with Crippen LogP contribution in [-0.4, -0.2) is 44.7 Å². The summed E-state index contributed by atoms with van der Waals surface area (Å²) in [6.07, 6.45) is 5.85. The highest BCUT2D eigenvalue weighted by molar-refractivity contribution is 6.28. The predicted molar refractivity (Wildman–Crippen MR) is 108 cm³/mol. The second-order valence-corrected chi connectivity index (χ2v) is 10.9. The lowest BCUT2D eigenvalue weighted by Gasteiger charge is -2.64. The number of carbonyl (C=O) groups is 2. The van der Waals surface area contributed by atoms with Crippen molar-refractivity contribution in [3.05, 3.63) is 23.8 Å². The third-order valence-electron chi connectivity index (χ3n) is 8.47. The lowest BCUT2D eigenvalue weighted by atomic mass is 9.46. The first kappa shape index (κ1) is 20.6. The summed E-state index contributed by atoms with van der Waals surface area (Å²) >= 11 is 14.1. The molecule has 0 saturated heterocycles. The minimum Gasteiger partial charge on any atom is -0.391 e. The van der Waals surface area contributed by atoms with Crippen LogP contribution in [0.25, 0.3) is 0 Å². The fourth-order valence-corrected chi connectivity index (χ4v) is 8.33. The molecule has 0 amide bonds. The van der Waals surface area contributed by atoms with Crippen LogP contribution >= 0.6 is 23.2 Å². The molecule has 0 aromatic carbocycles. The van der Waals surface area contributed by atoms with Crippen molar-refractivity contribution in [1.82, 2.24) is 0 Å². The van der Waals surface area contributed by atoms with Gasteiger partial charge in [-0.1, -0.05) is 26.8 Å². The van der Waals surface area contributed by atoms with Crippen LogP contribution < -0.4 is 0 Å². The molecule has 9 atom stereocenters. The predicted octanol–water partition coefficient (Wildman–Crippen LogP) is 3.27. The van der Waals surface area contributed by atoms with Crippen LogP contribution in [0.3, 0.4) is 0 Å². The molecule has 3 fully saturated rings. The van der Waals surface area contributed by atoms with Gasteiger partial charge in [-0.25, -0.2) is 0 Å². The quantitative estimate of drug-likeness (QED) is 0.664. The number of aliphatic hydroxyl groups is 2. The van der Waals surface area contributed by atoms with Crippen molar-refractivity contribution in [3.8, 4) is 0 Å².